The molecule has 1 saturated heterocycles. The highest BCUT2D eigenvalue weighted by molar-refractivity contribution is 5.97. The fourth-order valence-corrected chi connectivity index (χ4v) is 4.41. The molecule has 3 aliphatic rings. The van der Waals surface area contributed by atoms with Crippen molar-refractivity contribution in [2.45, 2.75) is 51.6 Å². The molecule has 1 aliphatic carbocycles. The normalized spacial score (nSPS) is 25.5. The molecule has 1 amide bonds. The lowest BCUT2D eigenvalue weighted by Crippen LogP contribution is -2.37. The van der Waals surface area contributed by atoms with Crippen molar-refractivity contribution in [2.75, 3.05) is 31.1 Å². The number of carbonyl (C=O) groups is 1. The Bertz CT molecular complexity index is 641. The molecular weight excluding hydrogens is 312 g/mol. The van der Waals surface area contributed by atoms with E-state index in [9.17, 15) is 9.90 Å². The van der Waals surface area contributed by atoms with E-state index in [1.807, 2.05) is 11.0 Å². The van der Waals surface area contributed by atoms with E-state index in [2.05, 4.69) is 24.0 Å². The number of likely N-dealkylation sites (tertiary alicyclic amines) is 1. The van der Waals surface area contributed by atoms with Gasteiger partial charge in [-0.15, -0.1) is 0 Å². The van der Waals surface area contributed by atoms with Gasteiger partial charge >= 0.3 is 0 Å². The van der Waals surface area contributed by atoms with Crippen LogP contribution in [-0.2, 0) is 11.2 Å². The van der Waals surface area contributed by atoms with Crippen LogP contribution < -0.4 is 4.90 Å². The number of piperidine rings is 1. The number of β-amino-alcohol motifs (C(OH)–C–C–N with tert-alkyl or cyclic N) is 1. The van der Waals surface area contributed by atoms with E-state index in [0.717, 1.165) is 62.5 Å². The Morgan fingerprint density at radius 3 is 2.84 bits per heavy atom. The van der Waals surface area contributed by atoms with Gasteiger partial charge in [0.15, 0.2) is 0 Å². The number of anilines is 1. The Morgan fingerprint density at radius 1 is 1.24 bits per heavy atom. The average Bonchev–Trinajstić information content (AvgIpc) is 3.45. The molecular formula is C21H30N2O2. The number of amides is 1. The Kier molecular flexibility index (Phi) is 4.83. The maximum atomic E-state index is 12.5. The maximum absolute atomic E-state index is 12.5. The van der Waals surface area contributed by atoms with Crippen LogP contribution in [0.3, 0.4) is 0 Å². The molecule has 0 radical (unpaired) electrons. The third-order valence-corrected chi connectivity index (χ3v) is 5.97. The second-order valence-electron chi connectivity index (χ2n) is 8.28. The highest BCUT2D eigenvalue weighted by Crippen LogP contribution is 2.36. The lowest BCUT2D eigenvalue weighted by Gasteiger charge is -2.33. The van der Waals surface area contributed by atoms with Gasteiger partial charge in [-0.3, -0.25) is 4.79 Å². The predicted molar refractivity (Wildman–Crippen MR) is 99.6 cm³/mol. The Labute approximate surface area is 150 Å². The highest BCUT2D eigenvalue weighted by atomic mass is 16.3. The van der Waals surface area contributed by atoms with Crippen molar-refractivity contribution in [1.29, 1.82) is 0 Å². The number of benzene rings is 1. The molecule has 4 nitrogen and oxygen atoms in total. The molecule has 25 heavy (non-hydrogen) atoms. The van der Waals surface area contributed by atoms with Gasteiger partial charge in [0.1, 0.15) is 0 Å². The summed E-state index contributed by atoms with van der Waals surface area (Å²) in [5.74, 6) is 1.29. The van der Waals surface area contributed by atoms with Gasteiger partial charge in [-0.2, -0.15) is 0 Å². The lowest BCUT2D eigenvalue weighted by atomic mass is 9.95. The molecule has 0 spiro atoms. The van der Waals surface area contributed by atoms with Crippen LogP contribution in [0.2, 0.25) is 0 Å². The van der Waals surface area contributed by atoms with Gasteiger partial charge in [-0.05, 0) is 68.2 Å². The molecule has 2 heterocycles. The molecule has 1 saturated carbocycles. The Morgan fingerprint density at radius 2 is 2.08 bits per heavy atom. The summed E-state index contributed by atoms with van der Waals surface area (Å²) in [7, 11) is 0. The minimum Gasteiger partial charge on any atom is -0.387 e. The van der Waals surface area contributed by atoms with Gasteiger partial charge in [0.2, 0.25) is 5.91 Å². The second kappa shape index (κ2) is 7.08. The largest absolute Gasteiger partial charge is 0.387 e. The topological polar surface area (TPSA) is 43.8 Å². The Balaban J connectivity index is 1.47. The first-order chi connectivity index (χ1) is 12.1. The zero-order chi connectivity index (χ0) is 17.4. The number of hydrogen-bond acceptors (Lipinski definition) is 3. The van der Waals surface area contributed by atoms with E-state index >= 15 is 0 Å². The number of hydrogen-bond donors (Lipinski definition) is 1. The molecule has 1 aromatic rings. The van der Waals surface area contributed by atoms with Crippen LogP contribution in [0.4, 0.5) is 5.69 Å². The van der Waals surface area contributed by atoms with Crippen molar-refractivity contribution in [1.82, 2.24) is 4.90 Å². The molecule has 4 rings (SSSR count). The SMILES string of the molecule is CC1CCCN(CC(O)c2ccc3c(c2)CCCN3C(=O)C2CC2)C1. The second-order valence-corrected chi connectivity index (χ2v) is 8.28. The Hall–Kier alpha value is -1.39. The van der Waals surface area contributed by atoms with Crippen LogP contribution in [-0.4, -0.2) is 42.1 Å². The molecule has 1 aromatic carbocycles. The molecule has 0 bridgehead atoms. The van der Waals surface area contributed by atoms with Gasteiger partial charge < -0.3 is 14.9 Å². The molecule has 2 fully saturated rings. The smallest absolute Gasteiger partial charge is 0.230 e. The van der Waals surface area contributed by atoms with Gasteiger partial charge in [0, 0.05) is 31.2 Å². The van der Waals surface area contributed by atoms with Crippen molar-refractivity contribution in [2.24, 2.45) is 11.8 Å². The minimum absolute atomic E-state index is 0.261. The monoisotopic (exact) mass is 342 g/mol. The van der Waals surface area contributed by atoms with Gasteiger partial charge in [-0.1, -0.05) is 19.1 Å². The third kappa shape index (κ3) is 3.75. The third-order valence-electron chi connectivity index (χ3n) is 5.97. The zero-order valence-electron chi connectivity index (χ0n) is 15.3. The van der Waals surface area contributed by atoms with E-state index in [1.165, 1.54) is 18.4 Å². The van der Waals surface area contributed by atoms with Crippen molar-refractivity contribution in [3.63, 3.8) is 0 Å². The molecule has 136 valence electrons. The fraction of sp³-hybridized carbons (Fsp3) is 0.667. The van der Waals surface area contributed by atoms with Gasteiger partial charge in [0.25, 0.3) is 0 Å². The van der Waals surface area contributed by atoms with E-state index in [0.29, 0.717) is 12.5 Å². The number of rotatable bonds is 4. The quantitative estimate of drug-likeness (QED) is 0.914. The summed E-state index contributed by atoms with van der Waals surface area (Å²) in [6.45, 7) is 6.04. The molecule has 2 atom stereocenters. The maximum Gasteiger partial charge on any atom is 0.230 e. The molecule has 2 unspecified atom stereocenters. The number of fused-ring (bicyclic) bond motifs is 1. The van der Waals surface area contributed by atoms with Crippen molar-refractivity contribution >= 4 is 11.6 Å². The highest BCUT2D eigenvalue weighted by Gasteiger charge is 2.35. The standard InChI is InChI=1S/C21H30N2O2/c1-15-4-2-10-22(13-15)14-20(24)18-8-9-19-17(12-18)5-3-11-23(19)21(25)16-6-7-16/h8-9,12,15-16,20,24H,2-7,10-11,13-14H2,1H3. The molecule has 0 aromatic heterocycles. The summed E-state index contributed by atoms with van der Waals surface area (Å²) in [5, 5.41) is 10.7. The van der Waals surface area contributed by atoms with Crippen LogP contribution in [0, 0.1) is 11.8 Å². The van der Waals surface area contributed by atoms with Gasteiger partial charge in [0.05, 0.1) is 6.10 Å². The average molecular weight is 342 g/mol. The van der Waals surface area contributed by atoms with Gasteiger partial charge in [-0.25, -0.2) is 0 Å². The lowest BCUT2D eigenvalue weighted by molar-refractivity contribution is -0.119. The fourth-order valence-electron chi connectivity index (χ4n) is 4.41. The van der Waals surface area contributed by atoms with Crippen LogP contribution in [0.15, 0.2) is 18.2 Å². The first-order valence-electron chi connectivity index (χ1n) is 9.96. The molecule has 2 aliphatic heterocycles. The number of carbonyl (C=O) groups excluding carboxylic acids is 1. The summed E-state index contributed by atoms with van der Waals surface area (Å²) in [5.41, 5.74) is 3.30. The summed E-state index contributed by atoms with van der Waals surface area (Å²) in [6, 6.07) is 6.22. The summed E-state index contributed by atoms with van der Waals surface area (Å²) < 4.78 is 0. The first-order valence-corrected chi connectivity index (χ1v) is 9.96. The van der Waals surface area contributed by atoms with Crippen molar-refractivity contribution in [3.05, 3.63) is 29.3 Å². The summed E-state index contributed by atoms with van der Waals surface area (Å²) >= 11 is 0. The number of aryl methyl sites for hydroxylation is 1. The van der Waals surface area contributed by atoms with E-state index < -0.39 is 6.10 Å². The van der Waals surface area contributed by atoms with Crippen LogP contribution >= 0.6 is 0 Å². The predicted octanol–water partition coefficient (Wildman–Crippen LogP) is 3.14. The van der Waals surface area contributed by atoms with Crippen LogP contribution in [0.5, 0.6) is 0 Å². The minimum atomic E-state index is -0.440. The van der Waals surface area contributed by atoms with Crippen molar-refractivity contribution in [3.8, 4) is 0 Å². The zero-order valence-corrected chi connectivity index (χ0v) is 15.3. The van der Waals surface area contributed by atoms with E-state index in [1.54, 1.807) is 0 Å². The van der Waals surface area contributed by atoms with Crippen LogP contribution in [0.25, 0.3) is 0 Å². The van der Waals surface area contributed by atoms with Crippen molar-refractivity contribution < 1.29 is 9.90 Å². The summed E-state index contributed by atoms with van der Waals surface area (Å²) in [6.07, 6.45) is 6.22. The van der Waals surface area contributed by atoms with E-state index in [4.69, 9.17) is 0 Å². The summed E-state index contributed by atoms with van der Waals surface area (Å²) in [4.78, 5) is 16.9. The molecule has 4 heteroatoms. The number of nitrogens with zero attached hydrogens (tertiary/aromatic N) is 2. The van der Waals surface area contributed by atoms with E-state index in [-0.39, 0.29) is 5.92 Å². The number of aliphatic hydroxyl groups excluding tert-OH is 1. The first kappa shape index (κ1) is 17.0. The number of aliphatic hydroxyl groups is 1. The molecule has 1 N–H and O–H groups in total. The van der Waals surface area contributed by atoms with Crippen LogP contribution in [0.1, 0.15) is 56.3 Å².